The van der Waals surface area contributed by atoms with Gasteiger partial charge in [0.1, 0.15) is 11.8 Å². The van der Waals surface area contributed by atoms with Crippen molar-refractivity contribution in [3.63, 3.8) is 0 Å². The number of benzene rings is 1. The molecule has 0 saturated carbocycles. The highest BCUT2D eigenvalue weighted by atomic mass is 16.5. The van der Waals surface area contributed by atoms with E-state index in [0.29, 0.717) is 6.54 Å². The topological polar surface area (TPSA) is 65.3 Å². The summed E-state index contributed by atoms with van der Waals surface area (Å²) in [5.41, 5.74) is 1.03. The Morgan fingerprint density at radius 3 is 2.94 bits per heavy atom. The Hall–Kier alpha value is -1.57. The summed E-state index contributed by atoms with van der Waals surface area (Å²) in [6.07, 6.45) is 1.30. The van der Waals surface area contributed by atoms with Gasteiger partial charge in [0, 0.05) is 12.1 Å². The van der Waals surface area contributed by atoms with Gasteiger partial charge in [0.15, 0.2) is 6.61 Å². The molecule has 1 unspecified atom stereocenters. The molecule has 0 saturated heterocycles. The largest absolute Gasteiger partial charge is 0.478 e. The Morgan fingerprint density at radius 2 is 2.22 bits per heavy atom. The molecular weight excluding hydrogens is 228 g/mol. The fraction of sp³-hybridized carbons (Fsp3) is 0.500. The lowest BCUT2D eigenvalue weighted by Crippen LogP contribution is -2.20. The molecule has 0 bridgehead atoms. The highest BCUT2D eigenvalue weighted by Crippen LogP contribution is 2.17. The van der Waals surface area contributed by atoms with Crippen molar-refractivity contribution >= 4 is 0 Å². The number of nitriles is 1. The Morgan fingerprint density at radius 1 is 1.44 bits per heavy atom. The van der Waals surface area contributed by atoms with E-state index in [1.165, 1.54) is 0 Å². The first kappa shape index (κ1) is 14.5. The molecule has 2 N–H and O–H groups in total. The first-order valence-corrected chi connectivity index (χ1v) is 6.24. The lowest BCUT2D eigenvalue weighted by Gasteiger charge is -2.11. The van der Waals surface area contributed by atoms with E-state index >= 15 is 0 Å². The van der Waals surface area contributed by atoms with Crippen LogP contribution in [0.3, 0.4) is 0 Å². The average molecular weight is 248 g/mol. The summed E-state index contributed by atoms with van der Waals surface area (Å²) in [6, 6.07) is 9.61. The number of para-hydroxylation sites is 1. The summed E-state index contributed by atoms with van der Waals surface area (Å²) in [7, 11) is 0. The number of rotatable bonds is 8. The van der Waals surface area contributed by atoms with Crippen LogP contribution in [0.2, 0.25) is 0 Å². The van der Waals surface area contributed by atoms with Crippen molar-refractivity contribution in [3.8, 4) is 11.8 Å². The van der Waals surface area contributed by atoms with E-state index < -0.39 is 0 Å². The molecule has 1 aromatic rings. The maximum atomic E-state index is 9.43. The summed E-state index contributed by atoms with van der Waals surface area (Å²) >= 11 is 0. The van der Waals surface area contributed by atoms with Gasteiger partial charge in [0.05, 0.1) is 6.10 Å². The van der Waals surface area contributed by atoms with Gasteiger partial charge in [-0.25, -0.2) is 0 Å². The molecule has 1 rings (SSSR count). The molecule has 98 valence electrons. The first-order valence-electron chi connectivity index (χ1n) is 6.24. The zero-order chi connectivity index (χ0) is 13.2. The summed E-state index contributed by atoms with van der Waals surface area (Å²) in [5, 5.41) is 21.2. The Kier molecular flexibility index (Phi) is 6.85. The van der Waals surface area contributed by atoms with Crippen molar-refractivity contribution in [1.29, 1.82) is 5.26 Å². The van der Waals surface area contributed by atoms with E-state index in [2.05, 4.69) is 5.32 Å². The third-order valence-electron chi connectivity index (χ3n) is 2.71. The summed E-state index contributed by atoms with van der Waals surface area (Å²) in [6.45, 7) is 3.47. The fourth-order valence-corrected chi connectivity index (χ4v) is 1.60. The number of aliphatic hydroxyl groups excluding tert-OH is 1. The molecule has 0 amide bonds. The molecule has 1 atom stereocenters. The van der Waals surface area contributed by atoms with Crippen LogP contribution in [0.25, 0.3) is 0 Å². The highest BCUT2D eigenvalue weighted by Gasteiger charge is 2.03. The highest BCUT2D eigenvalue weighted by molar-refractivity contribution is 5.33. The number of aliphatic hydroxyl groups is 1. The minimum atomic E-state index is -0.234. The number of nitrogens with one attached hydrogen (secondary N) is 1. The van der Waals surface area contributed by atoms with Crippen molar-refractivity contribution in [1.82, 2.24) is 5.32 Å². The molecule has 0 fully saturated rings. The SMILES string of the molecule is CCC(O)CCNCc1ccccc1OCC#N. The van der Waals surface area contributed by atoms with Gasteiger partial charge >= 0.3 is 0 Å². The van der Waals surface area contributed by atoms with E-state index in [1.54, 1.807) is 0 Å². The van der Waals surface area contributed by atoms with Crippen LogP contribution in [0.5, 0.6) is 5.75 Å². The molecule has 4 nitrogen and oxygen atoms in total. The minimum Gasteiger partial charge on any atom is -0.478 e. The molecule has 0 radical (unpaired) electrons. The molecule has 4 heteroatoms. The van der Waals surface area contributed by atoms with Crippen LogP contribution in [0.1, 0.15) is 25.3 Å². The number of hydrogen-bond acceptors (Lipinski definition) is 4. The van der Waals surface area contributed by atoms with Crippen LogP contribution in [-0.2, 0) is 6.54 Å². The normalized spacial score (nSPS) is 11.8. The van der Waals surface area contributed by atoms with Gasteiger partial charge in [-0.2, -0.15) is 5.26 Å². The summed E-state index contributed by atoms with van der Waals surface area (Å²) in [5.74, 6) is 0.739. The second-order valence-electron chi connectivity index (χ2n) is 4.08. The molecule has 1 aromatic carbocycles. The summed E-state index contributed by atoms with van der Waals surface area (Å²) in [4.78, 5) is 0. The standard InChI is InChI=1S/C14H20N2O2/c1-2-13(17)7-9-16-11-12-5-3-4-6-14(12)18-10-8-15/h3-6,13,16-17H,2,7,9-11H2,1H3. The maximum absolute atomic E-state index is 9.43. The molecule has 18 heavy (non-hydrogen) atoms. The summed E-state index contributed by atoms with van der Waals surface area (Å²) < 4.78 is 5.34. The monoisotopic (exact) mass is 248 g/mol. The number of ether oxygens (including phenoxy) is 1. The van der Waals surface area contributed by atoms with Crippen molar-refractivity contribution in [2.45, 2.75) is 32.4 Å². The second kappa shape index (κ2) is 8.51. The van der Waals surface area contributed by atoms with Crippen LogP contribution in [0, 0.1) is 11.3 Å². The van der Waals surface area contributed by atoms with E-state index in [4.69, 9.17) is 10.00 Å². The lowest BCUT2D eigenvalue weighted by atomic mass is 10.2. The molecular formula is C14H20N2O2. The number of nitrogens with zero attached hydrogens (tertiary/aromatic N) is 1. The molecule has 0 spiro atoms. The smallest absolute Gasteiger partial charge is 0.174 e. The van der Waals surface area contributed by atoms with Gasteiger partial charge in [-0.3, -0.25) is 0 Å². The molecule has 0 aliphatic carbocycles. The predicted molar refractivity (Wildman–Crippen MR) is 70.2 cm³/mol. The van der Waals surface area contributed by atoms with Crippen LogP contribution >= 0.6 is 0 Å². The number of hydrogen-bond donors (Lipinski definition) is 2. The second-order valence-corrected chi connectivity index (χ2v) is 4.08. The van der Waals surface area contributed by atoms with Crippen LogP contribution in [0.15, 0.2) is 24.3 Å². The van der Waals surface area contributed by atoms with Gasteiger partial charge in [-0.15, -0.1) is 0 Å². The third-order valence-corrected chi connectivity index (χ3v) is 2.71. The van der Waals surface area contributed by atoms with Crippen LogP contribution in [-0.4, -0.2) is 24.4 Å². The van der Waals surface area contributed by atoms with Crippen molar-refractivity contribution in [2.24, 2.45) is 0 Å². The lowest BCUT2D eigenvalue weighted by molar-refractivity contribution is 0.159. The third kappa shape index (κ3) is 5.17. The molecule has 0 aliphatic rings. The van der Waals surface area contributed by atoms with E-state index in [9.17, 15) is 5.11 Å². The molecule has 0 aromatic heterocycles. The minimum absolute atomic E-state index is 0.0611. The van der Waals surface area contributed by atoms with Gasteiger partial charge in [-0.05, 0) is 25.5 Å². The van der Waals surface area contributed by atoms with Crippen molar-refractivity contribution < 1.29 is 9.84 Å². The van der Waals surface area contributed by atoms with Gasteiger partial charge in [0.25, 0.3) is 0 Å². The molecule has 0 aliphatic heterocycles. The van der Waals surface area contributed by atoms with Gasteiger partial charge < -0.3 is 15.2 Å². The van der Waals surface area contributed by atoms with E-state index in [-0.39, 0.29) is 12.7 Å². The molecule has 0 heterocycles. The quantitative estimate of drug-likeness (QED) is 0.689. The Balaban J connectivity index is 2.39. The van der Waals surface area contributed by atoms with Crippen molar-refractivity contribution in [3.05, 3.63) is 29.8 Å². The van der Waals surface area contributed by atoms with E-state index in [1.807, 2.05) is 37.3 Å². The zero-order valence-electron chi connectivity index (χ0n) is 10.7. The van der Waals surface area contributed by atoms with Gasteiger partial charge in [-0.1, -0.05) is 25.1 Å². The van der Waals surface area contributed by atoms with Crippen LogP contribution < -0.4 is 10.1 Å². The maximum Gasteiger partial charge on any atom is 0.174 e. The fourth-order valence-electron chi connectivity index (χ4n) is 1.60. The zero-order valence-corrected chi connectivity index (χ0v) is 10.7. The van der Waals surface area contributed by atoms with Gasteiger partial charge in [0.2, 0.25) is 0 Å². The average Bonchev–Trinajstić information content (AvgIpc) is 2.42. The Bertz CT molecular complexity index is 388. The predicted octanol–water partition coefficient (Wildman–Crippen LogP) is 1.84. The first-order chi connectivity index (χ1) is 8.77. The van der Waals surface area contributed by atoms with E-state index in [0.717, 1.165) is 30.7 Å². The van der Waals surface area contributed by atoms with Crippen LogP contribution in [0.4, 0.5) is 0 Å². The van der Waals surface area contributed by atoms with Crippen molar-refractivity contribution in [2.75, 3.05) is 13.2 Å². The Labute approximate surface area is 108 Å².